The first-order chi connectivity index (χ1) is 10.6. The predicted molar refractivity (Wildman–Crippen MR) is 81.4 cm³/mol. The van der Waals surface area contributed by atoms with Crippen LogP contribution in [0.15, 0.2) is 41.0 Å². The van der Waals surface area contributed by atoms with Gasteiger partial charge in [0.1, 0.15) is 6.26 Å². The van der Waals surface area contributed by atoms with E-state index < -0.39 is 5.97 Å². The van der Waals surface area contributed by atoms with Gasteiger partial charge in [0.2, 0.25) is 0 Å². The minimum absolute atomic E-state index is 0.0141. The maximum atomic E-state index is 12.7. The first kappa shape index (κ1) is 14.4. The molecule has 5 nitrogen and oxygen atoms in total. The van der Waals surface area contributed by atoms with Crippen LogP contribution in [-0.4, -0.2) is 23.5 Å². The molecular formula is C17H17NO4. The average Bonchev–Trinajstić information content (AvgIpc) is 2.95. The van der Waals surface area contributed by atoms with Crippen molar-refractivity contribution in [1.29, 1.82) is 0 Å². The van der Waals surface area contributed by atoms with Gasteiger partial charge in [0.25, 0.3) is 5.91 Å². The standard InChI is InChI=1S/C17H17NO4/c1-11-5-4-8-18(14-7-3-2-6-13(11)14)16(19)15-9-12(10-22-15)17(20)21/h2-3,6-7,9-11H,4-5,8H2,1H3,(H,20,21). The third kappa shape index (κ3) is 2.50. The van der Waals surface area contributed by atoms with E-state index in [-0.39, 0.29) is 17.2 Å². The lowest BCUT2D eigenvalue weighted by Crippen LogP contribution is -2.31. The summed E-state index contributed by atoms with van der Waals surface area (Å²) in [5, 5.41) is 8.94. The molecule has 0 bridgehead atoms. The van der Waals surface area contributed by atoms with Crippen molar-refractivity contribution in [2.24, 2.45) is 0 Å². The Hall–Kier alpha value is -2.56. The second kappa shape index (κ2) is 5.67. The van der Waals surface area contributed by atoms with Gasteiger partial charge in [-0.2, -0.15) is 0 Å². The highest BCUT2D eigenvalue weighted by Crippen LogP contribution is 2.34. The molecule has 0 fully saturated rings. The molecule has 1 unspecified atom stereocenters. The SMILES string of the molecule is CC1CCCN(C(=O)c2cc(C(=O)O)co2)c2ccccc21. The topological polar surface area (TPSA) is 70.8 Å². The van der Waals surface area contributed by atoms with E-state index in [0.29, 0.717) is 12.5 Å². The smallest absolute Gasteiger partial charge is 0.338 e. The summed E-state index contributed by atoms with van der Waals surface area (Å²) in [6, 6.07) is 9.12. The number of hydrogen-bond acceptors (Lipinski definition) is 3. The van der Waals surface area contributed by atoms with Crippen LogP contribution in [0.2, 0.25) is 0 Å². The molecule has 1 aliphatic heterocycles. The maximum absolute atomic E-state index is 12.7. The molecule has 0 saturated heterocycles. The summed E-state index contributed by atoms with van der Waals surface area (Å²) < 4.78 is 5.15. The molecule has 0 radical (unpaired) electrons. The van der Waals surface area contributed by atoms with Gasteiger partial charge in [-0.15, -0.1) is 0 Å². The molecule has 1 aliphatic rings. The monoisotopic (exact) mass is 299 g/mol. The number of carboxylic acids is 1. The fourth-order valence-electron chi connectivity index (χ4n) is 2.89. The number of amides is 1. The lowest BCUT2D eigenvalue weighted by atomic mass is 9.96. The van der Waals surface area contributed by atoms with Gasteiger partial charge in [0.15, 0.2) is 5.76 Å². The Morgan fingerprint density at radius 3 is 2.82 bits per heavy atom. The van der Waals surface area contributed by atoms with Crippen LogP contribution in [0, 0.1) is 0 Å². The van der Waals surface area contributed by atoms with Crippen LogP contribution in [0.3, 0.4) is 0 Å². The van der Waals surface area contributed by atoms with Crippen LogP contribution >= 0.6 is 0 Å². The van der Waals surface area contributed by atoms with Crippen LogP contribution in [0.1, 0.15) is 52.2 Å². The molecule has 5 heteroatoms. The zero-order valence-corrected chi connectivity index (χ0v) is 12.3. The summed E-state index contributed by atoms with van der Waals surface area (Å²) >= 11 is 0. The number of carbonyl (C=O) groups excluding carboxylic acids is 1. The zero-order valence-electron chi connectivity index (χ0n) is 12.3. The molecule has 1 atom stereocenters. The number of rotatable bonds is 2. The Kier molecular flexibility index (Phi) is 3.71. The third-order valence-electron chi connectivity index (χ3n) is 4.08. The number of para-hydroxylation sites is 1. The van der Waals surface area contributed by atoms with Gasteiger partial charge in [-0.25, -0.2) is 4.79 Å². The van der Waals surface area contributed by atoms with Crippen molar-refractivity contribution in [2.75, 3.05) is 11.4 Å². The highest BCUT2D eigenvalue weighted by atomic mass is 16.4. The number of benzene rings is 1. The summed E-state index contributed by atoms with van der Waals surface area (Å²) in [5.41, 5.74) is 2.00. The second-order valence-corrected chi connectivity index (χ2v) is 5.56. The van der Waals surface area contributed by atoms with Crippen molar-refractivity contribution >= 4 is 17.6 Å². The molecule has 1 aromatic carbocycles. The predicted octanol–water partition coefficient (Wildman–Crippen LogP) is 3.52. The number of carbonyl (C=O) groups is 2. The molecule has 22 heavy (non-hydrogen) atoms. The first-order valence-corrected chi connectivity index (χ1v) is 7.30. The van der Waals surface area contributed by atoms with E-state index in [1.54, 1.807) is 4.90 Å². The Labute approximate surface area is 128 Å². The highest BCUT2D eigenvalue weighted by molar-refractivity contribution is 6.06. The number of fused-ring (bicyclic) bond motifs is 1. The molecule has 3 rings (SSSR count). The van der Waals surface area contributed by atoms with E-state index in [1.807, 2.05) is 24.3 Å². The fraction of sp³-hybridized carbons (Fsp3) is 0.294. The molecule has 0 saturated carbocycles. The van der Waals surface area contributed by atoms with Crippen molar-refractivity contribution in [3.05, 3.63) is 53.5 Å². The van der Waals surface area contributed by atoms with Gasteiger partial charge < -0.3 is 14.4 Å². The fourth-order valence-corrected chi connectivity index (χ4v) is 2.89. The number of aromatic carboxylic acids is 1. The number of nitrogens with zero attached hydrogens (tertiary/aromatic N) is 1. The average molecular weight is 299 g/mol. The minimum atomic E-state index is -1.10. The van der Waals surface area contributed by atoms with E-state index in [0.717, 1.165) is 30.4 Å². The molecule has 1 amide bonds. The summed E-state index contributed by atoms with van der Waals surface area (Å²) in [5.74, 6) is -0.955. The summed E-state index contributed by atoms with van der Waals surface area (Å²) in [6.45, 7) is 2.76. The first-order valence-electron chi connectivity index (χ1n) is 7.30. The minimum Gasteiger partial charge on any atom is -0.478 e. The molecule has 2 aromatic rings. The quantitative estimate of drug-likeness (QED) is 0.921. The molecule has 2 heterocycles. The van der Waals surface area contributed by atoms with Crippen molar-refractivity contribution in [1.82, 2.24) is 0 Å². The largest absolute Gasteiger partial charge is 0.478 e. The Balaban J connectivity index is 1.97. The van der Waals surface area contributed by atoms with Gasteiger partial charge in [0.05, 0.1) is 5.56 Å². The van der Waals surface area contributed by atoms with Gasteiger partial charge in [0, 0.05) is 18.3 Å². The van der Waals surface area contributed by atoms with Crippen LogP contribution < -0.4 is 4.90 Å². The molecular weight excluding hydrogens is 282 g/mol. The van der Waals surface area contributed by atoms with Crippen molar-refractivity contribution in [3.8, 4) is 0 Å². The van der Waals surface area contributed by atoms with Crippen LogP contribution in [0.4, 0.5) is 5.69 Å². The molecule has 1 N–H and O–H groups in total. The van der Waals surface area contributed by atoms with Gasteiger partial charge in [-0.3, -0.25) is 4.79 Å². The zero-order chi connectivity index (χ0) is 15.7. The van der Waals surface area contributed by atoms with E-state index >= 15 is 0 Å². The third-order valence-corrected chi connectivity index (χ3v) is 4.08. The van der Waals surface area contributed by atoms with Crippen LogP contribution in [0.5, 0.6) is 0 Å². The van der Waals surface area contributed by atoms with Crippen LogP contribution in [0.25, 0.3) is 0 Å². The van der Waals surface area contributed by atoms with Gasteiger partial charge in [-0.1, -0.05) is 25.1 Å². The number of anilines is 1. The summed E-state index contributed by atoms with van der Waals surface area (Å²) in [7, 11) is 0. The molecule has 114 valence electrons. The number of carboxylic acid groups (broad SMARTS) is 1. The van der Waals surface area contributed by atoms with Gasteiger partial charge in [-0.05, 0) is 30.4 Å². The van der Waals surface area contributed by atoms with Crippen molar-refractivity contribution < 1.29 is 19.1 Å². The van der Waals surface area contributed by atoms with E-state index in [1.165, 1.54) is 6.07 Å². The van der Waals surface area contributed by atoms with E-state index in [2.05, 4.69) is 6.92 Å². The van der Waals surface area contributed by atoms with Crippen LogP contribution in [-0.2, 0) is 0 Å². The van der Waals surface area contributed by atoms with Crippen molar-refractivity contribution in [2.45, 2.75) is 25.7 Å². The summed E-state index contributed by atoms with van der Waals surface area (Å²) in [4.78, 5) is 25.3. The van der Waals surface area contributed by atoms with E-state index in [4.69, 9.17) is 9.52 Å². The molecule has 0 aliphatic carbocycles. The maximum Gasteiger partial charge on any atom is 0.338 e. The lowest BCUT2D eigenvalue weighted by Gasteiger charge is -2.22. The normalized spacial score (nSPS) is 17.7. The molecule has 0 spiro atoms. The molecule has 1 aromatic heterocycles. The number of hydrogen-bond donors (Lipinski definition) is 1. The van der Waals surface area contributed by atoms with Crippen molar-refractivity contribution in [3.63, 3.8) is 0 Å². The Morgan fingerprint density at radius 1 is 1.32 bits per heavy atom. The van der Waals surface area contributed by atoms with Gasteiger partial charge >= 0.3 is 5.97 Å². The summed E-state index contributed by atoms with van der Waals surface area (Å²) in [6.07, 6.45) is 3.01. The second-order valence-electron chi connectivity index (χ2n) is 5.56. The number of furan rings is 1. The highest BCUT2D eigenvalue weighted by Gasteiger charge is 2.27. The van der Waals surface area contributed by atoms with E-state index in [9.17, 15) is 9.59 Å². The Bertz CT molecular complexity index is 719. The Morgan fingerprint density at radius 2 is 2.09 bits per heavy atom. The lowest BCUT2D eigenvalue weighted by molar-refractivity contribution is 0.0696.